The molecule has 3 aromatic rings. The van der Waals surface area contributed by atoms with E-state index in [1.54, 1.807) is 0 Å². The van der Waals surface area contributed by atoms with Crippen LogP contribution in [0.1, 0.15) is 23.6 Å². The molecule has 1 N–H and O–H groups in total. The zero-order valence-corrected chi connectivity index (χ0v) is 13.7. The normalized spacial score (nSPS) is 17.4. The predicted octanol–water partition coefficient (Wildman–Crippen LogP) is 2.89. The molecule has 1 atom stereocenters. The fourth-order valence-corrected chi connectivity index (χ4v) is 3.47. The Hall–Kier alpha value is -1.98. The van der Waals surface area contributed by atoms with Crippen LogP contribution in [-0.2, 0) is 19.5 Å². The average molecular weight is 328 g/mol. The van der Waals surface area contributed by atoms with Gasteiger partial charge in [-0.1, -0.05) is 17.7 Å². The quantitative estimate of drug-likeness (QED) is 0.803. The minimum atomic E-state index is 0.390. The van der Waals surface area contributed by atoms with Crippen LogP contribution in [-0.4, -0.2) is 25.8 Å². The Balaban J connectivity index is 1.52. The highest BCUT2D eigenvalue weighted by Crippen LogP contribution is 2.22. The molecule has 23 heavy (non-hydrogen) atoms. The summed E-state index contributed by atoms with van der Waals surface area (Å²) < 4.78 is 2.02. The largest absolute Gasteiger partial charge is 0.308 e. The van der Waals surface area contributed by atoms with Gasteiger partial charge < -0.3 is 5.32 Å². The van der Waals surface area contributed by atoms with Crippen LogP contribution < -0.4 is 5.32 Å². The van der Waals surface area contributed by atoms with Crippen molar-refractivity contribution in [3.8, 4) is 0 Å². The van der Waals surface area contributed by atoms with Crippen molar-refractivity contribution in [1.82, 2.24) is 25.1 Å². The first-order valence-corrected chi connectivity index (χ1v) is 8.24. The van der Waals surface area contributed by atoms with Crippen LogP contribution in [0.2, 0.25) is 5.02 Å². The summed E-state index contributed by atoms with van der Waals surface area (Å²) in [4.78, 5) is 8.95. The van der Waals surface area contributed by atoms with Gasteiger partial charge in [-0.3, -0.25) is 4.98 Å². The second kappa shape index (κ2) is 5.91. The van der Waals surface area contributed by atoms with Crippen LogP contribution in [0, 0.1) is 6.92 Å². The Bertz CT molecular complexity index is 857. The van der Waals surface area contributed by atoms with E-state index in [1.807, 2.05) is 42.1 Å². The molecule has 1 aromatic carbocycles. The lowest BCUT2D eigenvalue weighted by atomic mass is 10.1. The van der Waals surface area contributed by atoms with Crippen molar-refractivity contribution in [3.05, 3.63) is 52.7 Å². The molecule has 6 heteroatoms. The van der Waals surface area contributed by atoms with Gasteiger partial charge in [0.1, 0.15) is 11.6 Å². The van der Waals surface area contributed by atoms with Crippen LogP contribution in [0.5, 0.6) is 0 Å². The molecular formula is C17H18ClN5. The molecule has 1 aliphatic rings. The number of benzene rings is 1. The van der Waals surface area contributed by atoms with Gasteiger partial charge in [-0.05, 0) is 37.1 Å². The van der Waals surface area contributed by atoms with E-state index < -0.39 is 0 Å². The molecule has 0 aliphatic carbocycles. The Labute approximate surface area is 139 Å². The van der Waals surface area contributed by atoms with Crippen molar-refractivity contribution < 1.29 is 0 Å². The number of aromatic nitrogens is 4. The van der Waals surface area contributed by atoms with Gasteiger partial charge in [0.15, 0.2) is 0 Å². The van der Waals surface area contributed by atoms with Gasteiger partial charge in [0.25, 0.3) is 0 Å². The van der Waals surface area contributed by atoms with Crippen LogP contribution in [0.25, 0.3) is 10.9 Å². The van der Waals surface area contributed by atoms with Crippen LogP contribution in [0.3, 0.4) is 0 Å². The van der Waals surface area contributed by atoms with Crippen molar-refractivity contribution in [2.24, 2.45) is 0 Å². The molecular weight excluding hydrogens is 310 g/mol. The molecule has 1 aliphatic heterocycles. The number of hydrogen-bond donors (Lipinski definition) is 1. The number of fused-ring (bicyclic) bond motifs is 2. The summed E-state index contributed by atoms with van der Waals surface area (Å²) in [6.45, 7) is 3.56. The SMILES string of the molecule is Cc1nc2n(n1)C[C@H](NCc1cc(Cl)cc3cccnc13)CC2. The third-order valence-electron chi connectivity index (χ3n) is 4.29. The molecule has 0 spiro atoms. The zero-order chi connectivity index (χ0) is 15.8. The van der Waals surface area contributed by atoms with Gasteiger partial charge in [0, 0.05) is 35.6 Å². The van der Waals surface area contributed by atoms with Crippen LogP contribution in [0.15, 0.2) is 30.5 Å². The van der Waals surface area contributed by atoms with Crippen molar-refractivity contribution in [2.75, 3.05) is 0 Å². The zero-order valence-electron chi connectivity index (χ0n) is 13.0. The highest BCUT2D eigenvalue weighted by molar-refractivity contribution is 6.31. The molecule has 5 nitrogen and oxygen atoms in total. The molecule has 3 heterocycles. The number of aryl methyl sites for hydroxylation is 2. The maximum Gasteiger partial charge on any atom is 0.147 e. The van der Waals surface area contributed by atoms with Gasteiger partial charge in [-0.2, -0.15) is 5.10 Å². The lowest BCUT2D eigenvalue weighted by molar-refractivity contribution is 0.358. The highest BCUT2D eigenvalue weighted by atomic mass is 35.5. The average Bonchev–Trinajstić information content (AvgIpc) is 2.91. The topological polar surface area (TPSA) is 55.6 Å². The number of nitrogens with one attached hydrogen (secondary N) is 1. The van der Waals surface area contributed by atoms with Crippen LogP contribution >= 0.6 is 11.6 Å². The maximum atomic E-state index is 6.24. The van der Waals surface area contributed by atoms with Gasteiger partial charge >= 0.3 is 0 Å². The Kier molecular flexibility index (Phi) is 3.75. The number of nitrogens with zero attached hydrogens (tertiary/aromatic N) is 4. The van der Waals surface area contributed by atoms with E-state index in [1.165, 1.54) is 0 Å². The summed E-state index contributed by atoms with van der Waals surface area (Å²) in [5.41, 5.74) is 2.14. The first kappa shape index (κ1) is 14.6. The molecule has 118 valence electrons. The molecule has 0 bridgehead atoms. The summed E-state index contributed by atoms with van der Waals surface area (Å²) in [6, 6.07) is 8.33. The van der Waals surface area contributed by atoms with E-state index in [-0.39, 0.29) is 0 Å². The van der Waals surface area contributed by atoms with Crippen molar-refractivity contribution >= 4 is 22.5 Å². The van der Waals surface area contributed by atoms with Crippen LogP contribution in [0.4, 0.5) is 0 Å². The van der Waals surface area contributed by atoms with E-state index in [2.05, 4.69) is 20.4 Å². The number of rotatable bonds is 3. The molecule has 2 aromatic heterocycles. The lowest BCUT2D eigenvalue weighted by Gasteiger charge is -2.24. The number of halogens is 1. The van der Waals surface area contributed by atoms with E-state index in [0.717, 1.165) is 59.1 Å². The predicted molar refractivity (Wildman–Crippen MR) is 90.5 cm³/mol. The summed E-state index contributed by atoms with van der Waals surface area (Å²) in [7, 11) is 0. The van der Waals surface area contributed by atoms with Crippen molar-refractivity contribution in [3.63, 3.8) is 0 Å². The van der Waals surface area contributed by atoms with Crippen molar-refractivity contribution in [2.45, 2.75) is 38.9 Å². The molecule has 0 unspecified atom stereocenters. The van der Waals surface area contributed by atoms with Gasteiger partial charge in [-0.15, -0.1) is 0 Å². The van der Waals surface area contributed by atoms with Gasteiger partial charge in [0.2, 0.25) is 0 Å². The summed E-state index contributed by atoms with van der Waals surface area (Å²) in [5.74, 6) is 1.95. The Morgan fingerprint density at radius 1 is 1.39 bits per heavy atom. The molecule has 0 radical (unpaired) electrons. The fraction of sp³-hybridized carbons (Fsp3) is 0.353. The number of hydrogen-bond acceptors (Lipinski definition) is 4. The first-order chi connectivity index (χ1) is 11.2. The van der Waals surface area contributed by atoms with Gasteiger partial charge in [0.05, 0.1) is 12.1 Å². The van der Waals surface area contributed by atoms with Crippen molar-refractivity contribution in [1.29, 1.82) is 0 Å². The Morgan fingerprint density at radius 3 is 3.22 bits per heavy atom. The molecule has 0 saturated carbocycles. The standard InChI is InChI=1S/C17H18ClN5/c1-11-21-16-5-4-15(10-23(16)22-11)20-9-13-8-14(18)7-12-3-2-6-19-17(12)13/h2-3,6-8,15,20H,4-5,9-10H2,1H3/t15-/m1/s1. The fourth-order valence-electron chi connectivity index (χ4n) is 3.22. The minimum Gasteiger partial charge on any atom is -0.308 e. The smallest absolute Gasteiger partial charge is 0.147 e. The molecule has 4 rings (SSSR count). The lowest BCUT2D eigenvalue weighted by Crippen LogP contribution is -2.37. The monoisotopic (exact) mass is 327 g/mol. The van der Waals surface area contributed by atoms with E-state index in [4.69, 9.17) is 11.6 Å². The van der Waals surface area contributed by atoms with E-state index in [0.29, 0.717) is 6.04 Å². The second-order valence-corrected chi connectivity index (χ2v) is 6.45. The molecule has 0 amide bonds. The second-order valence-electron chi connectivity index (χ2n) is 6.01. The maximum absolute atomic E-state index is 6.24. The third-order valence-corrected chi connectivity index (χ3v) is 4.51. The molecule has 0 fully saturated rings. The number of pyridine rings is 1. The van der Waals surface area contributed by atoms with E-state index in [9.17, 15) is 0 Å². The minimum absolute atomic E-state index is 0.390. The first-order valence-electron chi connectivity index (χ1n) is 7.86. The summed E-state index contributed by atoms with van der Waals surface area (Å²) in [5, 5.41) is 9.90. The molecule has 0 saturated heterocycles. The summed E-state index contributed by atoms with van der Waals surface area (Å²) in [6.07, 6.45) is 3.86. The highest BCUT2D eigenvalue weighted by Gasteiger charge is 2.20. The summed E-state index contributed by atoms with van der Waals surface area (Å²) >= 11 is 6.24. The third kappa shape index (κ3) is 2.94. The van der Waals surface area contributed by atoms with E-state index >= 15 is 0 Å². The Morgan fingerprint density at radius 2 is 2.30 bits per heavy atom. The van der Waals surface area contributed by atoms with Gasteiger partial charge in [-0.25, -0.2) is 9.67 Å².